The fourth-order valence-corrected chi connectivity index (χ4v) is 5.63. The molecule has 2 aromatic carbocycles. The van der Waals surface area contributed by atoms with Crippen molar-refractivity contribution in [3.8, 4) is 5.75 Å². The van der Waals surface area contributed by atoms with Crippen LogP contribution < -0.4 is 15.0 Å². The first-order chi connectivity index (χ1) is 21.1. The normalized spacial score (nSPS) is 18.1. The number of benzene rings is 2. The van der Waals surface area contributed by atoms with Crippen LogP contribution in [0.25, 0.3) is 0 Å². The predicted octanol–water partition coefficient (Wildman–Crippen LogP) is 4.92. The summed E-state index contributed by atoms with van der Waals surface area (Å²) in [4.78, 5) is 18.7. The summed E-state index contributed by atoms with van der Waals surface area (Å²) in [5.74, 6) is -0.409. The molecule has 2 heterocycles. The molecule has 2 N–H and O–H groups in total. The molecule has 0 saturated carbocycles. The monoisotopic (exact) mass is 661 g/mol. The molecule has 4 rings (SSSR count). The molecule has 0 radical (unpaired) electrons. The average molecular weight is 662 g/mol. The minimum Gasteiger partial charge on any atom is -0.489 e. The molecule has 1 aliphatic rings. The zero-order valence-electron chi connectivity index (χ0n) is 23.7. The number of pyridine rings is 1. The molecule has 3 atom stereocenters. The Morgan fingerprint density at radius 2 is 1.71 bits per heavy atom. The van der Waals surface area contributed by atoms with Crippen LogP contribution in [0, 0.1) is 0 Å². The number of hydrogen-bond donors (Lipinski definition) is 2. The summed E-state index contributed by atoms with van der Waals surface area (Å²) in [6, 6.07) is 10.7. The molecule has 0 spiro atoms. The third kappa shape index (κ3) is 8.85. The number of nitrogens with one attached hydrogen (secondary N) is 1. The van der Waals surface area contributed by atoms with Crippen LogP contribution in [0.4, 0.5) is 32.2 Å². The minimum atomic E-state index is -4.90. The van der Waals surface area contributed by atoms with E-state index < -0.39 is 65.2 Å². The molecule has 3 aromatic rings. The van der Waals surface area contributed by atoms with Crippen molar-refractivity contribution in [3.63, 3.8) is 0 Å². The summed E-state index contributed by atoms with van der Waals surface area (Å²) in [5, 5.41) is 12.5. The van der Waals surface area contributed by atoms with Crippen LogP contribution >= 0.6 is 0 Å². The molecule has 1 aliphatic heterocycles. The van der Waals surface area contributed by atoms with Crippen molar-refractivity contribution in [1.82, 2.24) is 10.3 Å². The Morgan fingerprint density at radius 1 is 1.04 bits per heavy atom. The maximum Gasteiger partial charge on any atom is 0.522 e. The number of aromatic nitrogens is 1. The highest BCUT2D eigenvalue weighted by atomic mass is 32.2. The van der Waals surface area contributed by atoms with Crippen molar-refractivity contribution >= 4 is 21.6 Å². The summed E-state index contributed by atoms with van der Waals surface area (Å²) < 4.78 is 111. The second-order valence-corrected chi connectivity index (χ2v) is 12.4. The van der Waals surface area contributed by atoms with E-state index in [-0.39, 0.29) is 40.7 Å². The molecule has 1 fully saturated rings. The number of rotatable bonds is 11. The fourth-order valence-electron chi connectivity index (χ4n) is 4.74. The standard InChI is InChI=1S/C29H29F6N3O6S/c1-2-45(41,42)24-10-3-18(4-11-24)25(16-39)37-27(40)19-5-12-26(36-14-19)38-15-23(13-21(38)17-43-29(33,34)35)44-22-8-6-20(7-9-22)28(30,31)32/h3-12,14,21,23,25,39H,2,13,15-17H2,1H3,(H,37,40)/t21-,23?,25-/m0/s1. The lowest BCUT2D eigenvalue weighted by molar-refractivity contribution is -0.325. The van der Waals surface area contributed by atoms with Crippen LogP contribution in [0.3, 0.4) is 0 Å². The second-order valence-electron chi connectivity index (χ2n) is 10.1. The van der Waals surface area contributed by atoms with Gasteiger partial charge in [0.05, 0.1) is 53.6 Å². The molecule has 1 saturated heterocycles. The van der Waals surface area contributed by atoms with Gasteiger partial charge in [0.25, 0.3) is 5.91 Å². The van der Waals surface area contributed by atoms with E-state index in [1.165, 1.54) is 54.4 Å². The lowest BCUT2D eigenvalue weighted by Crippen LogP contribution is -2.36. The number of alkyl halides is 6. The number of anilines is 1. The van der Waals surface area contributed by atoms with E-state index in [9.17, 15) is 44.7 Å². The first-order valence-corrected chi connectivity index (χ1v) is 15.3. The molecular weight excluding hydrogens is 632 g/mol. The van der Waals surface area contributed by atoms with Crippen LogP contribution in [0.15, 0.2) is 71.8 Å². The number of amides is 1. The van der Waals surface area contributed by atoms with Gasteiger partial charge in [0.15, 0.2) is 9.84 Å². The van der Waals surface area contributed by atoms with E-state index >= 15 is 0 Å². The number of carbonyl (C=O) groups excluding carboxylic acids is 1. The van der Waals surface area contributed by atoms with Crippen molar-refractivity contribution in [2.45, 2.75) is 49.0 Å². The quantitative estimate of drug-likeness (QED) is 0.278. The van der Waals surface area contributed by atoms with Crippen molar-refractivity contribution in [2.24, 2.45) is 0 Å². The largest absolute Gasteiger partial charge is 0.522 e. The van der Waals surface area contributed by atoms with E-state index in [4.69, 9.17) is 4.74 Å². The average Bonchev–Trinajstić information content (AvgIpc) is 3.40. The van der Waals surface area contributed by atoms with Gasteiger partial charge in [-0.3, -0.25) is 9.53 Å². The van der Waals surface area contributed by atoms with Crippen molar-refractivity contribution in [1.29, 1.82) is 0 Å². The van der Waals surface area contributed by atoms with Gasteiger partial charge in [-0.1, -0.05) is 19.1 Å². The van der Waals surface area contributed by atoms with Gasteiger partial charge in [0.1, 0.15) is 17.7 Å². The lowest BCUT2D eigenvalue weighted by Gasteiger charge is -2.25. The van der Waals surface area contributed by atoms with Gasteiger partial charge in [-0.15, -0.1) is 13.2 Å². The summed E-state index contributed by atoms with van der Waals surface area (Å²) in [6.07, 6.45) is -8.92. The van der Waals surface area contributed by atoms with Gasteiger partial charge in [-0.05, 0) is 54.1 Å². The third-order valence-corrected chi connectivity index (χ3v) is 8.86. The Hall–Kier alpha value is -3.89. The molecule has 45 heavy (non-hydrogen) atoms. The number of halogens is 6. The van der Waals surface area contributed by atoms with Gasteiger partial charge in [-0.2, -0.15) is 13.2 Å². The molecule has 244 valence electrons. The first kappa shape index (κ1) is 34.0. The zero-order chi connectivity index (χ0) is 33.0. The molecular formula is C29H29F6N3O6S. The molecule has 1 unspecified atom stereocenters. The topological polar surface area (TPSA) is 118 Å². The van der Waals surface area contributed by atoms with Gasteiger partial charge >= 0.3 is 12.5 Å². The number of carbonyl (C=O) groups is 1. The maximum absolute atomic E-state index is 12.9. The van der Waals surface area contributed by atoms with Gasteiger partial charge in [0, 0.05) is 12.6 Å². The van der Waals surface area contributed by atoms with Gasteiger partial charge in [-0.25, -0.2) is 13.4 Å². The smallest absolute Gasteiger partial charge is 0.489 e. The number of aliphatic hydroxyl groups is 1. The molecule has 0 aliphatic carbocycles. The summed E-state index contributed by atoms with van der Waals surface area (Å²) in [7, 11) is -3.44. The number of sulfone groups is 1. The van der Waals surface area contributed by atoms with Crippen molar-refractivity contribution in [2.75, 3.05) is 30.4 Å². The highest BCUT2D eigenvalue weighted by Crippen LogP contribution is 2.32. The Labute approximate surface area is 254 Å². The Kier molecular flexibility index (Phi) is 10.3. The summed E-state index contributed by atoms with van der Waals surface area (Å²) >= 11 is 0. The van der Waals surface area contributed by atoms with Crippen LogP contribution in [0.2, 0.25) is 0 Å². The number of aliphatic hydroxyl groups excluding tert-OH is 1. The maximum atomic E-state index is 12.9. The Bertz CT molecular complexity index is 1550. The van der Waals surface area contributed by atoms with Crippen LogP contribution in [-0.4, -0.2) is 68.4 Å². The second kappa shape index (κ2) is 13.6. The number of nitrogens with zero attached hydrogens (tertiary/aromatic N) is 2. The summed E-state index contributed by atoms with van der Waals surface area (Å²) in [6.45, 7) is 0.277. The first-order valence-electron chi connectivity index (χ1n) is 13.6. The molecule has 0 bridgehead atoms. The van der Waals surface area contributed by atoms with E-state index in [1.54, 1.807) is 0 Å². The Balaban J connectivity index is 1.45. The molecule has 16 heteroatoms. The van der Waals surface area contributed by atoms with E-state index in [0.29, 0.717) is 5.56 Å². The SMILES string of the molecule is CCS(=O)(=O)c1ccc([C@H](CO)NC(=O)c2ccc(N3CC(Oc4ccc(C(F)(F)F)cc4)C[C@H]3COC(F)(F)F)nc2)cc1. The predicted molar refractivity (Wildman–Crippen MR) is 149 cm³/mol. The van der Waals surface area contributed by atoms with Crippen LogP contribution in [0.5, 0.6) is 5.75 Å². The van der Waals surface area contributed by atoms with Crippen molar-refractivity contribution in [3.05, 3.63) is 83.6 Å². The number of ether oxygens (including phenoxy) is 2. The number of hydrogen-bond acceptors (Lipinski definition) is 8. The summed E-state index contributed by atoms with van der Waals surface area (Å²) in [5.41, 5.74) is -0.352. The van der Waals surface area contributed by atoms with Crippen LogP contribution in [0.1, 0.15) is 40.9 Å². The van der Waals surface area contributed by atoms with E-state index in [1.807, 2.05) is 0 Å². The van der Waals surface area contributed by atoms with Gasteiger partial charge in [0.2, 0.25) is 0 Å². The molecule has 1 aromatic heterocycles. The Morgan fingerprint density at radius 3 is 2.24 bits per heavy atom. The van der Waals surface area contributed by atoms with Crippen LogP contribution in [-0.2, 0) is 20.8 Å². The molecule has 1 amide bonds. The zero-order valence-corrected chi connectivity index (χ0v) is 24.5. The molecule has 9 nitrogen and oxygen atoms in total. The van der Waals surface area contributed by atoms with E-state index in [2.05, 4.69) is 15.0 Å². The fraction of sp³-hybridized carbons (Fsp3) is 0.379. The highest BCUT2D eigenvalue weighted by molar-refractivity contribution is 7.91. The minimum absolute atomic E-state index is 0.0295. The van der Waals surface area contributed by atoms with Crippen molar-refractivity contribution < 1.29 is 54.1 Å². The third-order valence-electron chi connectivity index (χ3n) is 7.11. The van der Waals surface area contributed by atoms with E-state index in [0.717, 1.165) is 24.3 Å². The lowest BCUT2D eigenvalue weighted by atomic mass is 10.1. The highest BCUT2D eigenvalue weighted by Gasteiger charge is 2.39. The van der Waals surface area contributed by atoms with Gasteiger partial charge < -0.3 is 20.1 Å².